The molecule has 1 aromatic rings. The molecule has 7 heteroatoms. The van der Waals surface area contributed by atoms with Gasteiger partial charge >= 0.3 is 35.2 Å². The molecule has 1 fully saturated rings. The third kappa shape index (κ3) is 2.57. The number of halogens is 1. The number of hydrogen-bond acceptors (Lipinski definition) is 3. The average molecular weight is 224 g/mol. The molecule has 2 rings (SSSR count). The van der Waals surface area contributed by atoms with Crippen LogP contribution in [0.2, 0.25) is 0 Å². The van der Waals surface area contributed by atoms with Crippen LogP contribution in [0.4, 0.5) is 4.39 Å². The summed E-state index contributed by atoms with van der Waals surface area (Å²) in [5.41, 5.74) is -1.63. The summed E-state index contributed by atoms with van der Waals surface area (Å²) in [6.45, 7) is 0.553. The van der Waals surface area contributed by atoms with Gasteiger partial charge in [-0.3, -0.25) is 14.3 Å². The maximum absolute atomic E-state index is 12.9. The van der Waals surface area contributed by atoms with Crippen molar-refractivity contribution in [1.82, 2.24) is 9.55 Å². The van der Waals surface area contributed by atoms with E-state index in [0.717, 1.165) is 17.2 Å². The molecule has 0 bridgehead atoms. The maximum atomic E-state index is 12.9. The van der Waals surface area contributed by atoms with Gasteiger partial charge in [0.15, 0.2) is 0 Å². The van der Waals surface area contributed by atoms with Crippen LogP contribution < -0.4 is 40.8 Å². The number of hydrogen-bond donors (Lipinski definition) is 1. The Morgan fingerprint density at radius 3 is 2.93 bits per heavy atom. The van der Waals surface area contributed by atoms with Crippen molar-refractivity contribution in [2.45, 2.75) is 19.1 Å². The molecule has 0 radical (unpaired) electrons. The van der Waals surface area contributed by atoms with Crippen molar-refractivity contribution >= 4 is 0 Å². The average Bonchev–Trinajstić information content (AvgIpc) is 2.64. The largest absolute Gasteiger partial charge is 1.00 e. The van der Waals surface area contributed by atoms with Crippen LogP contribution in [0.3, 0.4) is 0 Å². The van der Waals surface area contributed by atoms with E-state index in [-0.39, 0.29) is 31.0 Å². The summed E-state index contributed by atoms with van der Waals surface area (Å²) in [6, 6.07) is 0. The van der Waals surface area contributed by atoms with Gasteiger partial charge in [0.1, 0.15) is 6.23 Å². The second-order valence-corrected chi connectivity index (χ2v) is 3.11. The molecule has 1 saturated heterocycles. The zero-order valence-electron chi connectivity index (χ0n) is 9.33. The smallest absolute Gasteiger partial charge is 1.00 e. The molecule has 0 aromatic carbocycles. The molecule has 2 heterocycles. The predicted octanol–water partition coefficient (Wildman–Crippen LogP) is -2.90. The summed E-state index contributed by atoms with van der Waals surface area (Å²) < 4.78 is 19.1. The van der Waals surface area contributed by atoms with Gasteiger partial charge in [-0.1, -0.05) is 0 Å². The summed E-state index contributed by atoms with van der Waals surface area (Å²) in [6.07, 6.45) is 1.93. The van der Waals surface area contributed by atoms with Crippen LogP contribution in [0.15, 0.2) is 15.8 Å². The third-order valence-electron chi connectivity index (χ3n) is 2.14. The molecular weight excluding hydrogens is 214 g/mol. The van der Waals surface area contributed by atoms with Crippen LogP contribution in [0, 0.1) is 5.82 Å². The molecule has 78 valence electrons. The SMILES string of the molecule is O=c1[nH]c(=O)n(C2CCCO2)cc1F.[H-].[Na+]. The molecule has 5 nitrogen and oxygen atoms in total. The van der Waals surface area contributed by atoms with Gasteiger partial charge in [-0.2, -0.15) is 4.39 Å². The molecule has 15 heavy (non-hydrogen) atoms. The number of nitrogens with one attached hydrogen (secondary N) is 1. The Morgan fingerprint density at radius 2 is 2.33 bits per heavy atom. The number of H-pyrrole nitrogens is 1. The zero-order chi connectivity index (χ0) is 10.1. The van der Waals surface area contributed by atoms with Crippen molar-refractivity contribution in [3.8, 4) is 0 Å². The minimum Gasteiger partial charge on any atom is -1.00 e. The fraction of sp³-hybridized carbons (Fsp3) is 0.500. The van der Waals surface area contributed by atoms with E-state index in [1.807, 2.05) is 4.98 Å². The molecule has 0 amide bonds. The maximum Gasteiger partial charge on any atom is 1.00 e. The summed E-state index contributed by atoms with van der Waals surface area (Å²) >= 11 is 0. The van der Waals surface area contributed by atoms with E-state index >= 15 is 0 Å². The number of ether oxygens (including phenoxy) is 1. The Kier molecular flexibility index (Phi) is 4.27. The Balaban J connectivity index is 0.00000112. The summed E-state index contributed by atoms with van der Waals surface area (Å²) in [5.74, 6) is -0.972. The quantitative estimate of drug-likeness (QED) is 0.520. The van der Waals surface area contributed by atoms with Gasteiger partial charge in [-0.15, -0.1) is 0 Å². The van der Waals surface area contributed by atoms with Crippen molar-refractivity contribution in [2.75, 3.05) is 6.61 Å². The molecule has 1 unspecified atom stereocenters. The van der Waals surface area contributed by atoms with Crippen molar-refractivity contribution in [3.63, 3.8) is 0 Å². The van der Waals surface area contributed by atoms with Gasteiger partial charge in [-0.25, -0.2) is 4.79 Å². The van der Waals surface area contributed by atoms with Crippen LogP contribution in [-0.4, -0.2) is 16.2 Å². The van der Waals surface area contributed by atoms with Crippen LogP contribution in [0.25, 0.3) is 0 Å². The molecule has 0 saturated carbocycles. The molecule has 1 aliphatic rings. The Hall–Kier alpha value is -0.430. The number of nitrogens with zero attached hydrogens (tertiary/aromatic N) is 1. The van der Waals surface area contributed by atoms with Crippen LogP contribution in [-0.2, 0) is 4.74 Å². The first-order valence-corrected chi connectivity index (χ1v) is 4.31. The normalized spacial score (nSPS) is 19.9. The predicted molar refractivity (Wildman–Crippen MR) is 46.6 cm³/mol. The van der Waals surface area contributed by atoms with E-state index < -0.39 is 23.3 Å². The van der Waals surface area contributed by atoms with E-state index in [2.05, 4.69) is 0 Å². The van der Waals surface area contributed by atoms with Gasteiger partial charge in [0.25, 0.3) is 5.56 Å². The van der Waals surface area contributed by atoms with Gasteiger partial charge in [-0.05, 0) is 12.8 Å². The van der Waals surface area contributed by atoms with Gasteiger partial charge < -0.3 is 6.16 Å². The minimum atomic E-state index is -0.996. The van der Waals surface area contributed by atoms with E-state index in [0.29, 0.717) is 13.0 Å². The van der Waals surface area contributed by atoms with Crippen LogP contribution in [0.5, 0.6) is 0 Å². The Bertz CT molecular complexity index is 455. The van der Waals surface area contributed by atoms with E-state index in [4.69, 9.17) is 4.74 Å². The van der Waals surface area contributed by atoms with Crippen LogP contribution in [0.1, 0.15) is 20.5 Å². The number of rotatable bonds is 1. The number of aromatic amines is 1. The van der Waals surface area contributed by atoms with Crippen molar-refractivity contribution in [3.05, 3.63) is 32.9 Å². The third-order valence-corrected chi connectivity index (χ3v) is 2.14. The fourth-order valence-electron chi connectivity index (χ4n) is 1.45. The molecule has 1 N–H and O–H groups in total. The Morgan fingerprint density at radius 1 is 1.60 bits per heavy atom. The zero-order valence-corrected chi connectivity index (χ0v) is 10.3. The first kappa shape index (κ1) is 12.6. The second kappa shape index (κ2) is 5.07. The topological polar surface area (TPSA) is 64.1 Å². The van der Waals surface area contributed by atoms with Crippen molar-refractivity contribution < 1.29 is 40.1 Å². The molecule has 0 spiro atoms. The minimum absolute atomic E-state index is 0. The van der Waals surface area contributed by atoms with Crippen molar-refractivity contribution in [1.29, 1.82) is 0 Å². The monoisotopic (exact) mass is 224 g/mol. The van der Waals surface area contributed by atoms with Crippen LogP contribution >= 0.6 is 0 Å². The van der Waals surface area contributed by atoms with Crippen molar-refractivity contribution in [2.24, 2.45) is 0 Å². The van der Waals surface area contributed by atoms with E-state index in [9.17, 15) is 14.0 Å². The number of aromatic nitrogens is 2. The van der Waals surface area contributed by atoms with E-state index in [1.54, 1.807) is 0 Å². The standard InChI is InChI=1S/C8H9FN2O3.Na.H/c9-5-4-11(6-2-1-3-14-6)8(13)10-7(5)12;;/h4,6H,1-3H2,(H,10,12,13);;/q;+1;-1. The van der Waals surface area contributed by atoms with Gasteiger partial charge in [0.2, 0.25) is 5.82 Å². The molecular formula is C8H10FN2NaO3. The first-order chi connectivity index (χ1) is 6.68. The first-order valence-electron chi connectivity index (χ1n) is 4.31. The molecule has 0 aliphatic carbocycles. The van der Waals surface area contributed by atoms with Gasteiger partial charge in [0, 0.05) is 6.61 Å². The van der Waals surface area contributed by atoms with Gasteiger partial charge in [0.05, 0.1) is 6.20 Å². The Labute approximate surface area is 108 Å². The summed E-state index contributed by atoms with van der Waals surface area (Å²) in [4.78, 5) is 23.8. The molecule has 1 aromatic heterocycles. The summed E-state index contributed by atoms with van der Waals surface area (Å²) in [5, 5.41) is 0. The second-order valence-electron chi connectivity index (χ2n) is 3.11. The summed E-state index contributed by atoms with van der Waals surface area (Å²) in [7, 11) is 0. The molecule has 1 atom stereocenters. The van der Waals surface area contributed by atoms with E-state index in [1.165, 1.54) is 0 Å². The fourth-order valence-corrected chi connectivity index (χ4v) is 1.45. The molecule has 1 aliphatic heterocycles.